The Labute approximate surface area is 220 Å². The van der Waals surface area contributed by atoms with E-state index in [-0.39, 0.29) is 17.9 Å². The van der Waals surface area contributed by atoms with E-state index in [1.54, 1.807) is 9.58 Å². The second-order valence-corrected chi connectivity index (χ2v) is 11.2. The number of amides is 2. The number of fused-ring (bicyclic) bond motifs is 1. The Morgan fingerprint density at radius 2 is 1.78 bits per heavy atom. The molecule has 6 nitrogen and oxygen atoms in total. The van der Waals surface area contributed by atoms with Crippen molar-refractivity contribution in [1.82, 2.24) is 20.0 Å². The third kappa shape index (κ3) is 4.94. The van der Waals surface area contributed by atoms with Crippen LogP contribution in [-0.2, 0) is 17.9 Å². The van der Waals surface area contributed by atoms with Gasteiger partial charge in [0.25, 0.3) is 5.91 Å². The maximum absolute atomic E-state index is 14.0. The summed E-state index contributed by atoms with van der Waals surface area (Å²) in [6, 6.07) is 18.5. The predicted molar refractivity (Wildman–Crippen MR) is 146 cm³/mol. The van der Waals surface area contributed by atoms with E-state index >= 15 is 0 Å². The first-order valence-electron chi connectivity index (χ1n) is 13.6. The van der Waals surface area contributed by atoms with E-state index in [1.165, 1.54) is 12.0 Å². The van der Waals surface area contributed by atoms with Crippen molar-refractivity contribution < 1.29 is 9.59 Å². The third-order valence-electron chi connectivity index (χ3n) is 8.19. The molecular formula is C31H38N4O2. The molecule has 1 atom stereocenters. The number of hydrogen-bond donors (Lipinski definition) is 1. The molecule has 2 heterocycles. The molecule has 1 aliphatic heterocycles. The van der Waals surface area contributed by atoms with Crippen LogP contribution in [0.25, 0.3) is 11.3 Å². The summed E-state index contributed by atoms with van der Waals surface area (Å²) in [7, 11) is 0. The minimum absolute atomic E-state index is 0.0923. The summed E-state index contributed by atoms with van der Waals surface area (Å²) in [4.78, 5) is 29.6. The zero-order valence-corrected chi connectivity index (χ0v) is 22.5. The van der Waals surface area contributed by atoms with Gasteiger partial charge in [0, 0.05) is 18.2 Å². The van der Waals surface area contributed by atoms with Crippen LogP contribution in [0, 0.1) is 6.92 Å². The molecule has 1 N–H and O–H groups in total. The minimum atomic E-state index is -1.05. The smallest absolute Gasteiger partial charge is 0.273 e. The summed E-state index contributed by atoms with van der Waals surface area (Å²) in [5.41, 5.74) is 4.62. The van der Waals surface area contributed by atoms with E-state index < -0.39 is 5.54 Å². The second kappa shape index (κ2) is 10.2. The van der Waals surface area contributed by atoms with Gasteiger partial charge < -0.3 is 10.2 Å². The molecule has 0 radical (unpaired) electrons. The Kier molecular flexibility index (Phi) is 6.93. The molecule has 1 aromatic heterocycles. The average Bonchev–Trinajstić information content (AvgIpc) is 3.32. The zero-order chi connectivity index (χ0) is 26.2. The van der Waals surface area contributed by atoms with E-state index in [4.69, 9.17) is 5.10 Å². The second-order valence-electron chi connectivity index (χ2n) is 11.2. The van der Waals surface area contributed by atoms with Gasteiger partial charge in [-0.25, -0.2) is 0 Å². The standard InChI is InChI=1S/C31H38N4O2/c1-21(2)23-14-16-24(17-15-23)27-18-28-29(36)34(19-25-11-9-8-10-22(25)3)31(4,20-35(28)33-27)30(37)32-26-12-6-5-7-13-26/h8-11,14-18,21,26H,5-7,12-13,19-20H2,1-4H3,(H,32,37)/t31-/m0/s1. The third-order valence-corrected chi connectivity index (χ3v) is 8.19. The Balaban J connectivity index is 1.50. The average molecular weight is 499 g/mol. The summed E-state index contributed by atoms with van der Waals surface area (Å²) in [6.07, 6.45) is 5.48. The van der Waals surface area contributed by atoms with Crippen LogP contribution in [0.2, 0.25) is 0 Å². The summed E-state index contributed by atoms with van der Waals surface area (Å²) in [6.45, 7) is 8.98. The molecule has 2 aromatic carbocycles. The Morgan fingerprint density at radius 3 is 2.46 bits per heavy atom. The van der Waals surface area contributed by atoms with Crippen molar-refractivity contribution in [2.75, 3.05) is 0 Å². The number of carbonyl (C=O) groups excluding carboxylic acids is 2. The lowest BCUT2D eigenvalue weighted by atomic mass is 9.91. The molecule has 194 valence electrons. The maximum Gasteiger partial charge on any atom is 0.273 e. The SMILES string of the molecule is Cc1ccccc1CN1C(=O)c2cc(-c3ccc(C(C)C)cc3)nn2C[C@@]1(C)C(=O)NC1CCCCC1. The molecule has 0 unspecified atom stereocenters. The highest BCUT2D eigenvalue weighted by atomic mass is 16.2. The lowest BCUT2D eigenvalue weighted by Gasteiger charge is -2.44. The number of carbonyl (C=O) groups is 2. The summed E-state index contributed by atoms with van der Waals surface area (Å²) >= 11 is 0. The Morgan fingerprint density at radius 1 is 1.08 bits per heavy atom. The fourth-order valence-corrected chi connectivity index (χ4v) is 5.61. The normalized spacial score (nSPS) is 20.2. The molecule has 1 fully saturated rings. The van der Waals surface area contributed by atoms with Crippen LogP contribution in [0.3, 0.4) is 0 Å². The van der Waals surface area contributed by atoms with Crippen molar-refractivity contribution >= 4 is 11.8 Å². The van der Waals surface area contributed by atoms with E-state index in [1.807, 2.05) is 44.2 Å². The van der Waals surface area contributed by atoms with Crippen molar-refractivity contribution in [2.24, 2.45) is 0 Å². The monoisotopic (exact) mass is 498 g/mol. The fraction of sp³-hybridized carbons (Fsp3) is 0.452. The maximum atomic E-state index is 14.0. The molecule has 1 aliphatic carbocycles. The highest BCUT2D eigenvalue weighted by Crippen LogP contribution is 2.33. The number of aromatic nitrogens is 2. The number of nitrogens with zero attached hydrogens (tertiary/aromatic N) is 3. The Hall–Kier alpha value is -3.41. The fourth-order valence-electron chi connectivity index (χ4n) is 5.61. The van der Waals surface area contributed by atoms with Crippen LogP contribution in [0.15, 0.2) is 54.6 Å². The van der Waals surface area contributed by atoms with Crippen molar-refractivity contribution in [3.63, 3.8) is 0 Å². The number of rotatable bonds is 6. The molecule has 6 heteroatoms. The largest absolute Gasteiger partial charge is 0.351 e. The van der Waals surface area contributed by atoms with Gasteiger partial charge in [0.05, 0.1) is 12.2 Å². The van der Waals surface area contributed by atoms with E-state index in [0.717, 1.165) is 48.1 Å². The first-order chi connectivity index (χ1) is 17.8. The summed E-state index contributed by atoms with van der Waals surface area (Å²) in [5.74, 6) is 0.197. The number of hydrogen-bond acceptors (Lipinski definition) is 3. The predicted octanol–water partition coefficient (Wildman–Crippen LogP) is 5.85. The van der Waals surface area contributed by atoms with Gasteiger partial charge in [0.2, 0.25) is 5.91 Å². The first-order valence-corrected chi connectivity index (χ1v) is 13.6. The van der Waals surface area contributed by atoms with Crippen molar-refractivity contribution in [3.8, 4) is 11.3 Å². The first kappa shape index (κ1) is 25.2. The van der Waals surface area contributed by atoms with Crippen LogP contribution in [0.4, 0.5) is 0 Å². The molecule has 0 spiro atoms. The highest BCUT2D eigenvalue weighted by Gasteiger charge is 2.48. The molecule has 2 amide bonds. The number of benzene rings is 2. The lowest BCUT2D eigenvalue weighted by Crippen LogP contribution is -2.64. The molecular weight excluding hydrogens is 460 g/mol. The topological polar surface area (TPSA) is 67.2 Å². The molecule has 3 aromatic rings. The summed E-state index contributed by atoms with van der Waals surface area (Å²) in [5, 5.41) is 8.11. The zero-order valence-electron chi connectivity index (χ0n) is 22.5. The number of aryl methyl sites for hydroxylation is 1. The van der Waals surface area contributed by atoms with Gasteiger partial charge in [-0.2, -0.15) is 5.10 Å². The van der Waals surface area contributed by atoms with Crippen molar-refractivity contribution in [3.05, 3.63) is 77.0 Å². The van der Waals surface area contributed by atoms with Crippen molar-refractivity contribution in [1.29, 1.82) is 0 Å². The molecule has 1 saturated carbocycles. The van der Waals surface area contributed by atoms with Crippen LogP contribution >= 0.6 is 0 Å². The summed E-state index contributed by atoms with van der Waals surface area (Å²) < 4.78 is 1.74. The molecule has 37 heavy (non-hydrogen) atoms. The molecule has 2 aliphatic rings. The van der Waals surface area contributed by atoms with Crippen molar-refractivity contribution in [2.45, 2.75) is 90.4 Å². The van der Waals surface area contributed by atoms with E-state index in [2.05, 4.69) is 43.4 Å². The van der Waals surface area contributed by atoms with Gasteiger partial charge in [0.1, 0.15) is 11.2 Å². The van der Waals surface area contributed by atoms with Gasteiger partial charge in [-0.05, 0) is 55.4 Å². The van der Waals surface area contributed by atoms with E-state index in [0.29, 0.717) is 24.7 Å². The number of nitrogens with one attached hydrogen (secondary N) is 1. The van der Waals surface area contributed by atoms with Gasteiger partial charge >= 0.3 is 0 Å². The van der Waals surface area contributed by atoms with Gasteiger partial charge in [-0.3, -0.25) is 14.3 Å². The van der Waals surface area contributed by atoms with Crippen LogP contribution < -0.4 is 5.32 Å². The van der Waals surface area contributed by atoms with Crippen LogP contribution in [0.5, 0.6) is 0 Å². The quantitative estimate of drug-likeness (QED) is 0.464. The van der Waals surface area contributed by atoms with Gasteiger partial charge in [0.15, 0.2) is 0 Å². The van der Waals surface area contributed by atoms with Crippen LogP contribution in [0.1, 0.15) is 86.0 Å². The van der Waals surface area contributed by atoms with Gasteiger partial charge in [-0.15, -0.1) is 0 Å². The lowest BCUT2D eigenvalue weighted by molar-refractivity contribution is -0.134. The molecule has 0 bridgehead atoms. The van der Waals surface area contributed by atoms with E-state index in [9.17, 15) is 9.59 Å². The molecule has 5 rings (SSSR count). The molecule has 0 saturated heterocycles. The highest BCUT2D eigenvalue weighted by molar-refractivity contribution is 6.00. The minimum Gasteiger partial charge on any atom is -0.351 e. The van der Waals surface area contributed by atoms with Crippen LogP contribution in [-0.4, -0.2) is 38.1 Å². The Bertz CT molecular complexity index is 1290. The van der Waals surface area contributed by atoms with Gasteiger partial charge in [-0.1, -0.05) is 81.6 Å².